The molecule has 2 aliphatic heterocycles. The molecule has 2 heterocycles. The number of ether oxygens (including phenoxy) is 2. The molecule has 2 amide bonds. The van der Waals surface area contributed by atoms with Crippen molar-refractivity contribution in [2.45, 2.75) is 17.6 Å². The van der Waals surface area contributed by atoms with Crippen LogP contribution in [0.25, 0.3) is 11.1 Å². The SMILES string of the molecule is O=C(OCC1c2ccccc2-c2ccccc21)N1CCN2C(=O)OC(c3ccccc3)(c3ccccc3)C2C1. The number of carbonyl (C=O) groups is 2. The Morgan fingerprint density at radius 3 is 1.90 bits per heavy atom. The molecular formula is C33H28N2O4. The summed E-state index contributed by atoms with van der Waals surface area (Å²) in [6, 6.07) is 35.8. The van der Waals surface area contributed by atoms with Crippen molar-refractivity contribution in [3.63, 3.8) is 0 Å². The molecule has 2 fully saturated rings. The third-order valence-electron chi connectivity index (χ3n) is 8.33. The van der Waals surface area contributed by atoms with E-state index in [0.29, 0.717) is 19.6 Å². The number of benzene rings is 4. The topological polar surface area (TPSA) is 59.1 Å². The third kappa shape index (κ3) is 3.70. The van der Waals surface area contributed by atoms with Crippen LogP contribution in [0.4, 0.5) is 9.59 Å². The summed E-state index contributed by atoms with van der Waals surface area (Å²) < 4.78 is 12.2. The van der Waals surface area contributed by atoms with Crippen LogP contribution < -0.4 is 0 Å². The van der Waals surface area contributed by atoms with Crippen molar-refractivity contribution in [1.29, 1.82) is 0 Å². The van der Waals surface area contributed by atoms with E-state index in [1.165, 1.54) is 22.3 Å². The lowest BCUT2D eigenvalue weighted by Gasteiger charge is -2.41. The van der Waals surface area contributed by atoms with E-state index in [1.54, 1.807) is 9.80 Å². The summed E-state index contributed by atoms with van der Waals surface area (Å²) in [6.45, 7) is 1.35. The third-order valence-corrected chi connectivity index (χ3v) is 8.33. The molecule has 6 nitrogen and oxygen atoms in total. The van der Waals surface area contributed by atoms with E-state index in [-0.39, 0.29) is 30.8 Å². The Morgan fingerprint density at radius 1 is 0.769 bits per heavy atom. The van der Waals surface area contributed by atoms with Crippen LogP contribution in [-0.2, 0) is 15.1 Å². The van der Waals surface area contributed by atoms with Gasteiger partial charge in [0.2, 0.25) is 0 Å². The molecule has 194 valence electrons. The summed E-state index contributed by atoms with van der Waals surface area (Å²) in [6.07, 6.45) is -0.731. The zero-order chi connectivity index (χ0) is 26.4. The van der Waals surface area contributed by atoms with Crippen LogP contribution in [0.15, 0.2) is 109 Å². The fraction of sp³-hybridized carbons (Fsp3) is 0.212. The summed E-state index contributed by atoms with van der Waals surface area (Å²) in [7, 11) is 0. The number of carbonyl (C=O) groups excluding carboxylic acids is 2. The van der Waals surface area contributed by atoms with E-state index in [2.05, 4.69) is 24.3 Å². The van der Waals surface area contributed by atoms with Gasteiger partial charge in [0.25, 0.3) is 0 Å². The molecule has 1 atom stereocenters. The summed E-state index contributed by atoms with van der Waals surface area (Å²) in [5.41, 5.74) is 5.48. The van der Waals surface area contributed by atoms with Crippen LogP contribution in [0.5, 0.6) is 0 Å². The zero-order valence-electron chi connectivity index (χ0n) is 21.4. The first-order valence-electron chi connectivity index (χ1n) is 13.4. The highest BCUT2D eigenvalue weighted by Crippen LogP contribution is 2.47. The molecule has 0 N–H and O–H groups in total. The van der Waals surface area contributed by atoms with Crippen molar-refractivity contribution < 1.29 is 19.1 Å². The van der Waals surface area contributed by atoms with E-state index in [1.807, 2.05) is 84.9 Å². The Labute approximate surface area is 227 Å². The van der Waals surface area contributed by atoms with Crippen molar-refractivity contribution in [3.05, 3.63) is 131 Å². The first kappa shape index (κ1) is 23.5. The van der Waals surface area contributed by atoms with Gasteiger partial charge < -0.3 is 14.4 Å². The van der Waals surface area contributed by atoms with Gasteiger partial charge in [-0.25, -0.2) is 9.59 Å². The first-order chi connectivity index (χ1) is 19.2. The van der Waals surface area contributed by atoms with Crippen LogP contribution in [0, 0.1) is 0 Å². The van der Waals surface area contributed by atoms with Gasteiger partial charge in [-0.05, 0) is 22.3 Å². The lowest BCUT2D eigenvalue weighted by atomic mass is 9.79. The van der Waals surface area contributed by atoms with Crippen LogP contribution >= 0.6 is 0 Å². The zero-order valence-corrected chi connectivity index (χ0v) is 21.4. The van der Waals surface area contributed by atoms with Crippen molar-refractivity contribution in [1.82, 2.24) is 9.80 Å². The van der Waals surface area contributed by atoms with Crippen molar-refractivity contribution in [2.24, 2.45) is 0 Å². The number of piperazine rings is 1. The summed E-state index contributed by atoms with van der Waals surface area (Å²) in [4.78, 5) is 30.1. The van der Waals surface area contributed by atoms with E-state index in [4.69, 9.17) is 9.47 Å². The second-order valence-corrected chi connectivity index (χ2v) is 10.3. The van der Waals surface area contributed by atoms with Gasteiger partial charge >= 0.3 is 12.2 Å². The summed E-state index contributed by atoms with van der Waals surface area (Å²) in [5.74, 6) is -0.00763. The molecule has 4 aromatic carbocycles. The molecule has 0 aromatic heterocycles. The number of cyclic esters (lactones) is 1. The van der Waals surface area contributed by atoms with Gasteiger partial charge in [0.05, 0.1) is 0 Å². The Morgan fingerprint density at radius 2 is 1.31 bits per heavy atom. The van der Waals surface area contributed by atoms with Gasteiger partial charge in [-0.15, -0.1) is 0 Å². The lowest BCUT2D eigenvalue weighted by molar-refractivity contribution is 0.0354. The number of hydrogen-bond donors (Lipinski definition) is 0. The molecule has 4 aromatic rings. The fourth-order valence-electron chi connectivity index (χ4n) is 6.51. The second kappa shape index (κ2) is 9.31. The average Bonchev–Trinajstić information content (AvgIpc) is 3.49. The number of nitrogens with zero attached hydrogens (tertiary/aromatic N) is 2. The quantitative estimate of drug-likeness (QED) is 0.333. The Kier molecular flexibility index (Phi) is 5.62. The highest BCUT2D eigenvalue weighted by atomic mass is 16.6. The highest BCUT2D eigenvalue weighted by Gasteiger charge is 2.58. The van der Waals surface area contributed by atoms with E-state index in [0.717, 1.165) is 11.1 Å². The monoisotopic (exact) mass is 516 g/mol. The maximum Gasteiger partial charge on any atom is 0.411 e. The van der Waals surface area contributed by atoms with Crippen LogP contribution in [-0.4, -0.2) is 54.3 Å². The normalized spacial score (nSPS) is 19.2. The Bertz CT molecular complexity index is 1450. The van der Waals surface area contributed by atoms with Crippen LogP contribution in [0.2, 0.25) is 0 Å². The maximum absolute atomic E-state index is 13.5. The standard InChI is InChI=1S/C33H28N2O4/c36-31(38-22-29-27-17-9-7-15-25(27)26-16-8-10-18-28(26)29)34-19-20-35-30(21-34)33(39-32(35)37,23-11-3-1-4-12-23)24-13-5-2-6-14-24/h1-18,29-30H,19-22H2. The van der Waals surface area contributed by atoms with E-state index < -0.39 is 5.60 Å². The van der Waals surface area contributed by atoms with Crippen molar-refractivity contribution in [3.8, 4) is 11.1 Å². The number of amides is 2. The van der Waals surface area contributed by atoms with Gasteiger partial charge in [-0.2, -0.15) is 0 Å². The van der Waals surface area contributed by atoms with Gasteiger partial charge in [-0.1, -0.05) is 109 Å². The Hall–Kier alpha value is -4.58. The van der Waals surface area contributed by atoms with Crippen LogP contribution in [0.3, 0.4) is 0 Å². The second-order valence-electron chi connectivity index (χ2n) is 10.3. The Balaban J connectivity index is 1.16. The highest BCUT2D eigenvalue weighted by molar-refractivity contribution is 5.79. The van der Waals surface area contributed by atoms with E-state index >= 15 is 0 Å². The predicted octanol–water partition coefficient (Wildman–Crippen LogP) is 6.02. The first-order valence-corrected chi connectivity index (χ1v) is 13.4. The smallest absolute Gasteiger partial charge is 0.411 e. The number of hydrogen-bond acceptors (Lipinski definition) is 4. The molecule has 1 unspecified atom stereocenters. The van der Waals surface area contributed by atoms with Gasteiger partial charge in [0, 0.05) is 36.7 Å². The largest absolute Gasteiger partial charge is 0.448 e. The molecule has 39 heavy (non-hydrogen) atoms. The fourth-order valence-corrected chi connectivity index (χ4v) is 6.51. The molecule has 3 aliphatic rings. The van der Waals surface area contributed by atoms with Crippen molar-refractivity contribution in [2.75, 3.05) is 26.2 Å². The minimum absolute atomic E-state index is 0.00763. The molecule has 6 heteroatoms. The van der Waals surface area contributed by atoms with Gasteiger partial charge in [0.1, 0.15) is 12.6 Å². The molecule has 0 bridgehead atoms. The molecular weight excluding hydrogens is 488 g/mol. The van der Waals surface area contributed by atoms with Crippen LogP contribution in [0.1, 0.15) is 28.2 Å². The number of fused-ring (bicyclic) bond motifs is 4. The maximum atomic E-state index is 13.5. The minimum atomic E-state index is -1.03. The molecule has 2 saturated heterocycles. The summed E-state index contributed by atoms with van der Waals surface area (Å²) >= 11 is 0. The molecule has 0 radical (unpaired) electrons. The lowest BCUT2D eigenvalue weighted by Crippen LogP contribution is -2.58. The van der Waals surface area contributed by atoms with Gasteiger partial charge in [0.15, 0.2) is 5.60 Å². The molecule has 1 aliphatic carbocycles. The molecule has 0 spiro atoms. The minimum Gasteiger partial charge on any atom is -0.448 e. The predicted molar refractivity (Wildman–Crippen MR) is 147 cm³/mol. The average molecular weight is 517 g/mol. The van der Waals surface area contributed by atoms with Crippen molar-refractivity contribution >= 4 is 12.2 Å². The molecule has 0 saturated carbocycles. The number of rotatable bonds is 4. The summed E-state index contributed by atoms with van der Waals surface area (Å²) in [5, 5.41) is 0. The van der Waals surface area contributed by atoms with E-state index in [9.17, 15) is 9.59 Å². The molecule has 7 rings (SSSR count). The van der Waals surface area contributed by atoms with Gasteiger partial charge in [-0.3, -0.25) is 4.90 Å².